The van der Waals surface area contributed by atoms with Crippen LogP contribution >= 0.6 is 11.8 Å². The van der Waals surface area contributed by atoms with E-state index < -0.39 is 0 Å². The first-order chi connectivity index (χ1) is 9.22. The van der Waals surface area contributed by atoms with Crippen molar-refractivity contribution in [1.82, 2.24) is 5.32 Å². The number of hydrogen-bond acceptors (Lipinski definition) is 3. The molecule has 0 radical (unpaired) electrons. The summed E-state index contributed by atoms with van der Waals surface area (Å²) in [5.41, 5.74) is 0.722. The summed E-state index contributed by atoms with van der Waals surface area (Å²) in [5.74, 6) is 0.168. The minimum atomic E-state index is -0.259. The highest BCUT2D eigenvalue weighted by Crippen LogP contribution is 2.24. The number of aliphatic hydroxyl groups is 1. The summed E-state index contributed by atoms with van der Waals surface area (Å²) < 4.78 is 0. The van der Waals surface area contributed by atoms with Gasteiger partial charge < -0.3 is 10.4 Å². The van der Waals surface area contributed by atoms with E-state index in [0.717, 1.165) is 36.1 Å². The minimum Gasteiger partial charge on any atom is -0.393 e. The van der Waals surface area contributed by atoms with E-state index in [1.165, 1.54) is 0 Å². The maximum Gasteiger partial charge on any atom is 0.252 e. The molecule has 1 aromatic carbocycles. The summed E-state index contributed by atoms with van der Waals surface area (Å²) >= 11 is 1.58. The van der Waals surface area contributed by atoms with Crippen LogP contribution in [0.15, 0.2) is 29.2 Å². The van der Waals surface area contributed by atoms with Gasteiger partial charge in [0, 0.05) is 17.4 Å². The second-order valence-corrected chi connectivity index (χ2v) is 5.87. The molecule has 0 heterocycles. The predicted molar refractivity (Wildman–Crippen MR) is 78.5 cm³/mol. The average molecular weight is 279 g/mol. The van der Waals surface area contributed by atoms with E-state index in [1.54, 1.807) is 11.8 Å². The van der Waals surface area contributed by atoms with Crippen molar-refractivity contribution < 1.29 is 9.90 Å². The molecule has 2 rings (SSSR count). The van der Waals surface area contributed by atoms with Crippen LogP contribution < -0.4 is 5.32 Å². The van der Waals surface area contributed by atoms with E-state index in [0.29, 0.717) is 6.54 Å². The van der Waals surface area contributed by atoms with E-state index in [4.69, 9.17) is 0 Å². The maximum absolute atomic E-state index is 12.2. The Morgan fingerprint density at radius 3 is 2.84 bits per heavy atom. The Morgan fingerprint density at radius 2 is 2.11 bits per heavy atom. The molecule has 2 N–H and O–H groups in total. The molecule has 2 unspecified atom stereocenters. The van der Waals surface area contributed by atoms with Crippen molar-refractivity contribution >= 4 is 17.7 Å². The lowest BCUT2D eigenvalue weighted by atomic mass is 9.86. The summed E-state index contributed by atoms with van der Waals surface area (Å²) in [6.07, 6.45) is 5.83. The number of amides is 1. The van der Waals surface area contributed by atoms with Crippen molar-refractivity contribution in [3.05, 3.63) is 29.8 Å². The van der Waals surface area contributed by atoms with Crippen molar-refractivity contribution in [3.8, 4) is 0 Å². The highest BCUT2D eigenvalue weighted by Gasteiger charge is 2.23. The third-order valence-electron chi connectivity index (χ3n) is 3.75. The van der Waals surface area contributed by atoms with Crippen molar-refractivity contribution in [2.24, 2.45) is 5.92 Å². The fourth-order valence-corrected chi connectivity index (χ4v) is 3.17. The van der Waals surface area contributed by atoms with Crippen molar-refractivity contribution in [2.45, 2.75) is 36.7 Å². The van der Waals surface area contributed by atoms with Crippen LogP contribution in [-0.4, -0.2) is 29.9 Å². The van der Waals surface area contributed by atoms with Gasteiger partial charge in [-0.25, -0.2) is 0 Å². The Bertz CT molecular complexity index is 436. The number of benzene rings is 1. The van der Waals surface area contributed by atoms with Crippen molar-refractivity contribution in [2.75, 3.05) is 12.8 Å². The van der Waals surface area contributed by atoms with E-state index >= 15 is 0 Å². The number of rotatable bonds is 4. The number of hydrogen-bond donors (Lipinski definition) is 2. The van der Waals surface area contributed by atoms with E-state index in [-0.39, 0.29) is 17.9 Å². The van der Waals surface area contributed by atoms with Gasteiger partial charge in [0.05, 0.1) is 11.7 Å². The molecule has 0 saturated heterocycles. The summed E-state index contributed by atoms with van der Waals surface area (Å²) in [6.45, 7) is 0.572. The number of carbonyl (C=O) groups is 1. The molecule has 0 aliphatic heterocycles. The SMILES string of the molecule is CSc1ccccc1C(=O)NCC1CCCCC1O. The molecule has 1 fully saturated rings. The third-order valence-corrected chi connectivity index (χ3v) is 4.54. The van der Waals surface area contributed by atoms with Gasteiger partial charge in [0.25, 0.3) is 5.91 Å². The fourth-order valence-electron chi connectivity index (χ4n) is 2.58. The van der Waals surface area contributed by atoms with E-state index in [1.807, 2.05) is 30.5 Å². The van der Waals surface area contributed by atoms with Crippen LogP contribution in [-0.2, 0) is 0 Å². The normalized spacial score (nSPS) is 23.1. The van der Waals surface area contributed by atoms with E-state index in [2.05, 4.69) is 5.32 Å². The second-order valence-electron chi connectivity index (χ2n) is 5.02. The molecule has 3 nitrogen and oxygen atoms in total. The molecule has 0 bridgehead atoms. The molecule has 1 aliphatic rings. The number of nitrogens with one attached hydrogen (secondary N) is 1. The van der Waals surface area contributed by atoms with Gasteiger partial charge in [0.2, 0.25) is 0 Å². The van der Waals surface area contributed by atoms with Gasteiger partial charge in [-0.05, 0) is 31.2 Å². The topological polar surface area (TPSA) is 49.3 Å². The molecular weight excluding hydrogens is 258 g/mol. The van der Waals surface area contributed by atoms with Crippen LogP contribution in [0, 0.1) is 5.92 Å². The van der Waals surface area contributed by atoms with Gasteiger partial charge in [-0.3, -0.25) is 4.79 Å². The lowest BCUT2D eigenvalue weighted by molar-refractivity contribution is 0.0662. The highest BCUT2D eigenvalue weighted by molar-refractivity contribution is 7.98. The number of aliphatic hydroxyl groups excluding tert-OH is 1. The Labute approximate surface area is 118 Å². The molecule has 1 aromatic rings. The molecular formula is C15H21NO2S. The van der Waals surface area contributed by atoms with E-state index in [9.17, 15) is 9.90 Å². The summed E-state index contributed by atoms with van der Waals surface area (Å²) in [7, 11) is 0. The van der Waals surface area contributed by atoms with Crippen LogP contribution in [0.2, 0.25) is 0 Å². The first-order valence-electron chi connectivity index (χ1n) is 6.81. The molecule has 104 valence electrons. The van der Waals surface area contributed by atoms with Gasteiger partial charge in [0.15, 0.2) is 0 Å². The maximum atomic E-state index is 12.2. The summed E-state index contributed by atoms with van der Waals surface area (Å²) in [5, 5.41) is 12.9. The zero-order valence-electron chi connectivity index (χ0n) is 11.3. The zero-order chi connectivity index (χ0) is 13.7. The largest absolute Gasteiger partial charge is 0.393 e. The molecule has 1 amide bonds. The average Bonchev–Trinajstić information content (AvgIpc) is 2.46. The predicted octanol–water partition coefficient (Wildman–Crippen LogP) is 2.69. The van der Waals surface area contributed by atoms with Gasteiger partial charge in [-0.15, -0.1) is 11.8 Å². The fraction of sp³-hybridized carbons (Fsp3) is 0.533. The van der Waals surface area contributed by atoms with Gasteiger partial charge >= 0.3 is 0 Å². The standard InChI is InChI=1S/C15H21NO2S/c1-19-14-9-5-3-7-12(14)15(18)16-10-11-6-2-4-8-13(11)17/h3,5,7,9,11,13,17H,2,4,6,8,10H2,1H3,(H,16,18). The lowest BCUT2D eigenvalue weighted by Gasteiger charge is -2.27. The molecule has 0 spiro atoms. The molecule has 4 heteroatoms. The van der Waals surface area contributed by atoms with Crippen molar-refractivity contribution in [3.63, 3.8) is 0 Å². The highest BCUT2D eigenvalue weighted by atomic mass is 32.2. The first kappa shape index (κ1) is 14.4. The Hall–Kier alpha value is -1.00. The lowest BCUT2D eigenvalue weighted by Crippen LogP contribution is -2.36. The Kier molecular flexibility index (Phi) is 5.28. The quantitative estimate of drug-likeness (QED) is 0.833. The van der Waals surface area contributed by atoms with Crippen LogP contribution in [0.5, 0.6) is 0 Å². The van der Waals surface area contributed by atoms with Crippen LogP contribution in [0.4, 0.5) is 0 Å². The molecule has 1 saturated carbocycles. The number of carbonyl (C=O) groups excluding carboxylic acids is 1. The number of thioether (sulfide) groups is 1. The Morgan fingerprint density at radius 1 is 1.37 bits per heavy atom. The van der Waals surface area contributed by atoms with Gasteiger partial charge in [0.1, 0.15) is 0 Å². The smallest absolute Gasteiger partial charge is 0.252 e. The van der Waals surface area contributed by atoms with Crippen LogP contribution in [0.25, 0.3) is 0 Å². The zero-order valence-corrected chi connectivity index (χ0v) is 12.1. The Balaban J connectivity index is 1.93. The molecule has 0 aromatic heterocycles. The van der Waals surface area contributed by atoms with Crippen LogP contribution in [0.1, 0.15) is 36.0 Å². The molecule has 19 heavy (non-hydrogen) atoms. The summed E-state index contributed by atoms with van der Waals surface area (Å²) in [4.78, 5) is 13.2. The molecule has 1 aliphatic carbocycles. The second kappa shape index (κ2) is 6.96. The monoisotopic (exact) mass is 279 g/mol. The molecule has 2 atom stereocenters. The van der Waals surface area contributed by atoms with Crippen molar-refractivity contribution in [1.29, 1.82) is 0 Å². The summed E-state index contributed by atoms with van der Waals surface area (Å²) in [6, 6.07) is 7.62. The van der Waals surface area contributed by atoms with Crippen LogP contribution in [0.3, 0.4) is 0 Å². The van der Waals surface area contributed by atoms with Gasteiger partial charge in [-0.1, -0.05) is 25.0 Å². The minimum absolute atomic E-state index is 0.0391. The first-order valence-corrected chi connectivity index (χ1v) is 8.04. The third kappa shape index (κ3) is 3.74. The van der Waals surface area contributed by atoms with Gasteiger partial charge in [-0.2, -0.15) is 0 Å².